The molecular weight excluding hydrogens is 360 g/mol. The van der Waals surface area contributed by atoms with Crippen LogP contribution in [0.25, 0.3) is 6.08 Å². The molecule has 6 nitrogen and oxygen atoms in total. The van der Waals surface area contributed by atoms with E-state index < -0.39 is 12.1 Å². The van der Waals surface area contributed by atoms with E-state index in [4.69, 9.17) is 18.9 Å². The molecule has 0 aliphatic carbocycles. The highest BCUT2D eigenvalue weighted by Gasteiger charge is 2.28. The third-order valence-electron chi connectivity index (χ3n) is 4.06. The number of carbonyl (C=O) groups excluding carboxylic acids is 2. The highest BCUT2D eigenvalue weighted by atomic mass is 16.6. The van der Waals surface area contributed by atoms with Gasteiger partial charge in [0.1, 0.15) is 17.2 Å². The number of fused-ring (bicyclic) bond motifs is 1. The molecule has 6 heteroatoms. The number of Topliss-reactive ketones (excluding diaryl/α,β-unsaturated/α-hetero) is 1. The van der Waals surface area contributed by atoms with Crippen LogP contribution < -0.4 is 14.2 Å². The standard InChI is InChI=1S/C22H22O6/c1-4-25-16-8-6-15(7-9-16)12-20-21(23)18-11-10-17(13-19(18)28-20)27-14(3)22(24)26-5-2/h6-14H,4-5H2,1-3H3/b20-12-/t14-/m0/s1. The lowest BCUT2D eigenvalue weighted by molar-refractivity contribution is -0.150. The summed E-state index contributed by atoms with van der Waals surface area (Å²) in [6.07, 6.45) is 0.925. The Hall–Kier alpha value is -3.28. The monoisotopic (exact) mass is 382 g/mol. The van der Waals surface area contributed by atoms with E-state index >= 15 is 0 Å². The Bertz CT molecular complexity index is 898. The minimum atomic E-state index is -0.756. The van der Waals surface area contributed by atoms with Crippen LogP contribution in [0.5, 0.6) is 17.2 Å². The summed E-state index contributed by atoms with van der Waals surface area (Å²) in [4.78, 5) is 24.3. The average Bonchev–Trinajstić information content (AvgIpc) is 2.98. The highest BCUT2D eigenvalue weighted by Crippen LogP contribution is 2.35. The number of hydrogen-bond donors (Lipinski definition) is 0. The number of hydrogen-bond acceptors (Lipinski definition) is 6. The summed E-state index contributed by atoms with van der Waals surface area (Å²) in [5.74, 6) is 1.17. The van der Waals surface area contributed by atoms with Gasteiger partial charge in [0.2, 0.25) is 5.78 Å². The quantitative estimate of drug-likeness (QED) is 0.532. The summed E-state index contributed by atoms with van der Waals surface area (Å²) in [6, 6.07) is 12.2. The zero-order valence-corrected chi connectivity index (χ0v) is 16.1. The number of benzene rings is 2. The first-order valence-corrected chi connectivity index (χ1v) is 9.16. The summed E-state index contributed by atoms with van der Waals surface area (Å²) < 4.78 is 21.6. The van der Waals surface area contributed by atoms with Crippen LogP contribution in [0, 0.1) is 0 Å². The predicted octanol–water partition coefficient (Wildman–Crippen LogP) is 4.03. The van der Waals surface area contributed by atoms with Crippen molar-refractivity contribution in [3.05, 3.63) is 59.4 Å². The van der Waals surface area contributed by atoms with E-state index in [9.17, 15) is 9.59 Å². The van der Waals surface area contributed by atoms with Gasteiger partial charge in [-0.2, -0.15) is 0 Å². The van der Waals surface area contributed by atoms with Gasteiger partial charge in [-0.3, -0.25) is 4.79 Å². The second-order valence-electron chi connectivity index (χ2n) is 6.11. The van der Waals surface area contributed by atoms with E-state index in [-0.39, 0.29) is 18.1 Å². The van der Waals surface area contributed by atoms with Crippen LogP contribution in [0.1, 0.15) is 36.7 Å². The Kier molecular flexibility index (Phi) is 5.99. The molecule has 0 fully saturated rings. The van der Waals surface area contributed by atoms with Gasteiger partial charge in [-0.1, -0.05) is 12.1 Å². The van der Waals surface area contributed by atoms with Crippen LogP contribution in [-0.4, -0.2) is 31.1 Å². The number of allylic oxidation sites excluding steroid dienone is 1. The van der Waals surface area contributed by atoms with E-state index in [1.54, 1.807) is 38.1 Å². The maximum atomic E-state index is 12.6. The highest BCUT2D eigenvalue weighted by molar-refractivity contribution is 6.14. The van der Waals surface area contributed by atoms with Crippen molar-refractivity contribution in [1.82, 2.24) is 0 Å². The van der Waals surface area contributed by atoms with Crippen LogP contribution >= 0.6 is 0 Å². The molecule has 0 bridgehead atoms. The van der Waals surface area contributed by atoms with Gasteiger partial charge in [0.05, 0.1) is 18.8 Å². The van der Waals surface area contributed by atoms with Gasteiger partial charge in [0, 0.05) is 6.07 Å². The molecule has 3 rings (SSSR count). The van der Waals surface area contributed by atoms with Crippen molar-refractivity contribution < 1.29 is 28.5 Å². The normalized spacial score (nSPS) is 15.0. The Morgan fingerprint density at radius 2 is 1.79 bits per heavy atom. The lowest BCUT2D eigenvalue weighted by atomic mass is 10.1. The van der Waals surface area contributed by atoms with Gasteiger partial charge in [-0.05, 0) is 56.7 Å². The zero-order chi connectivity index (χ0) is 20.1. The maximum absolute atomic E-state index is 12.6. The lowest BCUT2D eigenvalue weighted by Gasteiger charge is -2.13. The van der Waals surface area contributed by atoms with Crippen molar-refractivity contribution >= 4 is 17.8 Å². The van der Waals surface area contributed by atoms with Crippen molar-refractivity contribution in [3.8, 4) is 17.2 Å². The zero-order valence-electron chi connectivity index (χ0n) is 16.1. The molecule has 1 heterocycles. The number of ether oxygens (including phenoxy) is 4. The molecule has 0 saturated heterocycles. The molecule has 1 atom stereocenters. The molecule has 0 spiro atoms. The van der Waals surface area contributed by atoms with Crippen molar-refractivity contribution in [2.45, 2.75) is 26.9 Å². The molecule has 1 aliphatic rings. The number of ketones is 1. The molecule has 2 aromatic rings. The number of carbonyl (C=O) groups is 2. The fourth-order valence-corrected chi connectivity index (χ4v) is 2.73. The molecule has 0 unspecified atom stereocenters. The third-order valence-corrected chi connectivity index (χ3v) is 4.06. The van der Waals surface area contributed by atoms with Crippen LogP contribution in [-0.2, 0) is 9.53 Å². The third kappa shape index (κ3) is 4.34. The van der Waals surface area contributed by atoms with Crippen LogP contribution in [0.3, 0.4) is 0 Å². The van der Waals surface area contributed by atoms with Crippen molar-refractivity contribution in [1.29, 1.82) is 0 Å². The molecule has 0 radical (unpaired) electrons. The van der Waals surface area contributed by atoms with Crippen LogP contribution in [0.4, 0.5) is 0 Å². The first kappa shape index (κ1) is 19.5. The smallest absolute Gasteiger partial charge is 0.347 e. The first-order valence-electron chi connectivity index (χ1n) is 9.16. The minimum Gasteiger partial charge on any atom is -0.494 e. The summed E-state index contributed by atoms with van der Waals surface area (Å²) in [6.45, 7) is 6.14. The van der Waals surface area contributed by atoms with E-state index in [0.29, 0.717) is 23.7 Å². The molecular formula is C22H22O6. The molecule has 0 N–H and O–H groups in total. The molecule has 2 aromatic carbocycles. The number of rotatable bonds is 7. The molecule has 0 amide bonds. The van der Waals surface area contributed by atoms with E-state index in [2.05, 4.69) is 0 Å². The second kappa shape index (κ2) is 8.61. The van der Waals surface area contributed by atoms with E-state index in [1.165, 1.54) is 0 Å². The summed E-state index contributed by atoms with van der Waals surface area (Å²) in [5.41, 5.74) is 1.28. The largest absolute Gasteiger partial charge is 0.494 e. The van der Waals surface area contributed by atoms with E-state index in [1.807, 2.05) is 31.2 Å². The van der Waals surface area contributed by atoms with Crippen LogP contribution in [0.15, 0.2) is 48.2 Å². The lowest BCUT2D eigenvalue weighted by Crippen LogP contribution is -2.26. The summed E-state index contributed by atoms with van der Waals surface area (Å²) in [5, 5.41) is 0. The second-order valence-corrected chi connectivity index (χ2v) is 6.11. The Balaban J connectivity index is 1.74. The fourth-order valence-electron chi connectivity index (χ4n) is 2.73. The van der Waals surface area contributed by atoms with Gasteiger partial charge >= 0.3 is 5.97 Å². The SMILES string of the molecule is CCOC(=O)[C@H](C)Oc1ccc2c(c1)O/C(=C\c1ccc(OCC)cc1)C2=O. The van der Waals surface area contributed by atoms with Gasteiger partial charge < -0.3 is 18.9 Å². The van der Waals surface area contributed by atoms with Gasteiger partial charge in [0.25, 0.3) is 0 Å². The van der Waals surface area contributed by atoms with Gasteiger partial charge in [-0.15, -0.1) is 0 Å². The van der Waals surface area contributed by atoms with E-state index in [0.717, 1.165) is 11.3 Å². The molecule has 146 valence electrons. The Morgan fingerprint density at radius 1 is 1.07 bits per heavy atom. The Labute approximate surface area is 163 Å². The topological polar surface area (TPSA) is 71.1 Å². The summed E-state index contributed by atoms with van der Waals surface area (Å²) in [7, 11) is 0. The minimum absolute atomic E-state index is 0.200. The molecule has 1 aliphatic heterocycles. The Morgan fingerprint density at radius 3 is 2.46 bits per heavy atom. The predicted molar refractivity (Wildman–Crippen MR) is 104 cm³/mol. The van der Waals surface area contributed by atoms with Gasteiger partial charge in [0.15, 0.2) is 11.9 Å². The molecule has 0 saturated carbocycles. The van der Waals surface area contributed by atoms with Crippen molar-refractivity contribution in [3.63, 3.8) is 0 Å². The maximum Gasteiger partial charge on any atom is 0.347 e. The van der Waals surface area contributed by atoms with Gasteiger partial charge in [-0.25, -0.2) is 4.79 Å². The average molecular weight is 382 g/mol. The first-order chi connectivity index (χ1) is 13.5. The fraction of sp³-hybridized carbons (Fsp3) is 0.273. The number of esters is 1. The molecule has 28 heavy (non-hydrogen) atoms. The van der Waals surface area contributed by atoms with Crippen molar-refractivity contribution in [2.24, 2.45) is 0 Å². The van der Waals surface area contributed by atoms with Crippen molar-refractivity contribution in [2.75, 3.05) is 13.2 Å². The molecule has 0 aromatic heterocycles. The summed E-state index contributed by atoms with van der Waals surface area (Å²) >= 11 is 0. The van der Waals surface area contributed by atoms with Crippen LogP contribution in [0.2, 0.25) is 0 Å².